The number of carboxylic acids is 1. The van der Waals surface area contributed by atoms with Crippen LogP contribution in [0.15, 0.2) is 0 Å². The van der Waals surface area contributed by atoms with Gasteiger partial charge in [-0.15, -0.1) is 0 Å². The van der Waals surface area contributed by atoms with E-state index in [1.165, 1.54) is 12.8 Å². The van der Waals surface area contributed by atoms with Crippen LogP contribution in [0.25, 0.3) is 0 Å². The van der Waals surface area contributed by atoms with Crippen LogP contribution in [-0.4, -0.2) is 48.8 Å². The first-order valence-electron chi connectivity index (χ1n) is 7.15. The van der Waals surface area contributed by atoms with Crippen molar-refractivity contribution < 1.29 is 14.6 Å². The molecule has 1 rings (SSSR count). The average Bonchev–Trinajstić information content (AvgIpc) is 2.34. The number of likely N-dealkylation sites (tertiary alicyclic amines) is 1. The first kappa shape index (κ1) is 15.4. The maximum Gasteiger partial charge on any atom is 0.303 e. The molecule has 2 unspecified atom stereocenters. The lowest BCUT2D eigenvalue weighted by atomic mass is 9.85. The summed E-state index contributed by atoms with van der Waals surface area (Å²) in [6.45, 7) is 8.97. The van der Waals surface area contributed by atoms with Crippen LogP contribution < -0.4 is 0 Å². The predicted molar refractivity (Wildman–Crippen MR) is 71.7 cm³/mol. The Morgan fingerprint density at radius 1 is 1.50 bits per heavy atom. The molecule has 0 aromatic heterocycles. The van der Waals surface area contributed by atoms with Crippen LogP contribution in [0.2, 0.25) is 0 Å². The molecule has 106 valence electrons. The van der Waals surface area contributed by atoms with Crippen molar-refractivity contribution in [2.24, 2.45) is 11.8 Å². The Morgan fingerprint density at radius 3 is 2.94 bits per heavy atom. The van der Waals surface area contributed by atoms with Gasteiger partial charge in [0.15, 0.2) is 0 Å². The van der Waals surface area contributed by atoms with Crippen molar-refractivity contribution in [3.8, 4) is 0 Å². The monoisotopic (exact) mass is 257 g/mol. The quantitative estimate of drug-likeness (QED) is 0.677. The third kappa shape index (κ3) is 5.83. The van der Waals surface area contributed by atoms with Crippen LogP contribution in [0.5, 0.6) is 0 Å². The van der Waals surface area contributed by atoms with Crippen molar-refractivity contribution in [2.75, 3.05) is 32.8 Å². The van der Waals surface area contributed by atoms with E-state index in [2.05, 4.69) is 18.7 Å². The zero-order valence-electron chi connectivity index (χ0n) is 11.7. The third-order valence-corrected chi connectivity index (χ3v) is 3.74. The molecule has 0 radical (unpaired) electrons. The number of carboxylic acid groups (broad SMARTS) is 1. The minimum absolute atomic E-state index is 0.280. The lowest BCUT2D eigenvalue weighted by Gasteiger charge is -2.35. The summed E-state index contributed by atoms with van der Waals surface area (Å²) in [5, 5.41) is 8.85. The van der Waals surface area contributed by atoms with Crippen LogP contribution in [-0.2, 0) is 9.53 Å². The van der Waals surface area contributed by atoms with Crippen molar-refractivity contribution in [3.63, 3.8) is 0 Å². The van der Waals surface area contributed by atoms with Gasteiger partial charge in [-0.2, -0.15) is 0 Å². The number of carbonyl (C=O) groups is 1. The van der Waals surface area contributed by atoms with Crippen LogP contribution in [0, 0.1) is 11.8 Å². The first-order valence-corrected chi connectivity index (χ1v) is 7.15. The van der Waals surface area contributed by atoms with Crippen LogP contribution in [0.3, 0.4) is 0 Å². The number of ether oxygens (including phenoxy) is 1. The predicted octanol–water partition coefficient (Wildman–Crippen LogP) is 2.24. The summed E-state index contributed by atoms with van der Waals surface area (Å²) < 4.78 is 5.51. The molecule has 0 saturated carbocycles. The number of hydrogen-bond donors (Lipinski definition) is 1. The zero-order valence-corrected chi connectivity index (χ0v) is 11.7. The molecular weight excluding hydrogens is 230 g/mol. The summed E-state index contributed by atoms with van der Waals surface area (Å²) >= 11 is 0. The summed E-state index contributed by atoms with van der Waals surface area (Å²) in [6, 6.07) is 0. The number of aliphatic carboxylic acids is 1. The van der Waals surface area contributed by atoms with Gasteiger partial charge < -0.3 is 14.7 Å². The molecule has 0 spiro atoms. The molecule has 18 heavy (non-hydrogen) atoms. The Labute approximate surface area is 110 Å². The summed E-state index contributed by atoms with van der Waals surface area (Å²) in [5.74, 6) is 0.133. The number of rotatable bonds is 8. The zero-order chi connectivity index (χ0) is 13.4. The van der Waals surface area contributed by atoms with Gasteiger partial charge in [0.05, 0.1) is 6.61 Å². The van der Waals surface area contributed by atoms with Gasteiger partial charge in [0.1, 0.15) is 0 Å². The topological polar surface area (TPSA) is 49.8 Å². The highest BCUT2D eigenvalue weighted by Crippen LogP contribution is 2.25. The molecule has 0 aliphatic carbocycles. The van der Waals surface area contributed by atoms with Gasteiger partial charge in [0.2, 0.25) is 0 Å². The van der Waals surface area contributed by atoms with Crippen molar-refractivity contribution in [3.05, 3.63) is 0 Å². The van der Waals surface area contributed by atoms with E-state index in [4.69, 9.17) is 9.84 Å². The summed E-state index contributed by atoms with van der Waals surface area (Å²) in [7, 11) is 0. The molecule has 1 aliphatic heterocycles. The smallest absolute Gasteiger partial charge is 0.303 e. The fraction of sp³-hybridized carbons (Fsp3) is 0.929. The molecule has 1 fully saturated rings. The standard InChI is InChI=1S/C14H27NO3/c1-3-8-18-9-7-15-6-4-5-13(11-15)12(2)10-14(16)17/h12-13H,3-11H2,1-2H3,(H,16,17). The van der Waals surface area contributed by atoms with Crippen LogP contribution >= 0.6 is 0 Å². The molecule has 0 aromatic carbocycles. The van der Waals surface area contributed by atoms with Gasteiger partial charge in [0.25, 0.3) is 0 Å². The fourth-order valence-corrected chi connectivity index (χ4v) is 2.64. The van der Waals surface area contributed by atoms with E-state index in [9.17, 15) is 4.79 Å². The lowest BCUT2D eigenvalue weighted by molar-refractivity contribution is -0.138. The molecule has 0 bridgehead atoms. The molecule has 0 amide bonds. The van der Waals surface area contributed by atoms with Gasteiger partial charge in [0, 0.05) is 26.1 Å². The van der Waals surface area contributed by atoms with Gasteiger partial charge in [-0.05, 0) is 37.6 Å². The Hall–Kier alpha value is -0.610. The average molecular weight is 257 g/mol. The van der Waals surface area contributed by atoms with Gasteiger partial charge >= 0.3 is 5.97 Å². The number of nitrogens with zero attached hydrogens (tertiary/aromatic N) is 1. The van der Waals surface area contributed by atoms with Crippen LogP contribution in [0.4, 0.5) is 0 Å². The van der Waals surface area contributed by atoms with E-state index < -0.39 is 5.97 Å². The normalized spacial score (nSPS) is 22.9. The number of piperidine rings is 1. The molecule has 4 heteroatoms. The maximum atomic E-state index is 10.7. The highest BCUT2D eigenvalue weighted by atomic mass is 16.5. The van der Waals surface area contributed by atoms with Gasteiger partial charge in [-0.3, -0.25) is 4.79 Å². The Kier molecular flexibility index (Phi) is 7.28. The summed E-state index contributed by atoms with van der Waals surface area (Å²) in [6.07, 6.45) is 3.71. The molecule has 4 nitrogen and oxygen atoms in total. The maximum absolute atomic E-state index is 10.7. The molecule has 1 N–H and O–H groups in total. The fourth-order valence-electron chi connectivity index (χ4n) is 2.64. The van der Waals surface area contributed by atoms with E-state index in [-0.39, 0.29) is 5.92 Å². The van der Waals surface area contributed by atoms with Gasteiger partial charge in [-0.25, -0.2) is 0 Å². The van der Waals surface area contributed by atoms with Crippen LogP contribution in [0.1, 0.15) is 39.5 Å². The molecule has 1 saturated heterocycles. The minimum atomic E-state index is -0.675. The van der Waals surface area contributed by atoms with E-state index in [1.807, 2.05) is 0 Å². The largest absolute Gasteiger partial charge is 0.481 e. The van der Waals surface area contributed by atoms with E-state index in [1.54, 1.807) is 0 Å². The van der Waals surface area contributed by atoms with Crippen molar-refractivity contribution in [1.82, 2.24) is 4.90 Å². The second-order valence-electron chi connectivity index (χ2n) is 5.39. The minimum Gasteiger partial charge on any atom is -0.481 e. The Balaban J connectivity index is 2.25. The van der Waals surface area contributed by atoms with Crippen molar-refractivity contribution >= 4 is 5.97 Å². The van der Waals surface area contributed by atoms with E-state index >= 15 is 0 Å². The van der Waals surface area contributed by atoms with Crippen molar-refractivity contribution in [2.45, 2.75) is 39.5 Å². The molecule has 1 heterocycles. The van der Waals surface area contributed by atoms with Gasteiger partial charge in [-0.1, -0.05) is 13.8 Å². The third-order valence-electron chi connectivity index (χ3n) is 3.74. The Bertz CT molecular complexity index is 245. The highest BCUT2D eigenvalue weighted by molar-refractivity contribution is 5.66. The second-order valence-corrected chi connectivity index (χ2v) is 5.39. The molecule has 0 aromatic rings. The highest BCUT2D eigenvalue weighted by Gasteiger charge is 2.25. The second kappa shape index (κ2) is 8.48. The lowest BCUT2D eigenvalue weighted by Crippen LogP contribution is -2.40. The van der Waals surface area contributed by atoms with E-state index in [0.29, 0.717) is 12.3 Å². The number of hydrogen-bond acceptors (Lipinski definition) is 3. The van der Waals surface area contributed by atoms with Crippen molar-refractivity contribution in [1.29, 1.82) is 0 Å². The summed E-state index contributed by atoms with van der Waals surface area (Å²) in [4.78, 5) is 13.2. The summed E-state index contributed by atoms with van der Waals surface area (Å²) in [5.41, 5.74) is 0. The Morgan fingerprint density at radius 2 is 2.28 bits per heavy atom. The SMILES string of the molecule is CCCOCCN1CCCC(C(C)CC(=O)O)C1. The first-order chi connectivity index (χ1) is 8.63. The molecule has 1 aliphatic rings. The molecule has 2 atom stereocenters. The van der Waals surface area contributed by atoms with E-state index in [0.717, 1.165) is 39.3 Å². The molecular formula is C14H27NO3.